The van der Waals surface area contributed by atoms with Crippen molar-refractivity contribution in [3.05, 3.63) is 71.8 Å². The van der Waals surface area contributed by atoms with Crippen molar-refractivity contribution in [2.45, 2.75) is 20.0 Å². The third kappa shape index (κ3) is 5.02. The number of ether oxygens (including phenoxy) is 2. The number of para-hydroxylation sites is 1. The number of amides is 1. The molecule has 0 spiro atoms. The van der Waals surface area contributed by atoms with Gasteiger partial charge in [-0.05, 0) is 36.4 Å². The fourth-order valence-corrected chi connectivity index (χ4v) is 3.01. The topological polar surface area (TPSA) is 67.8 Å². The van der Waals surface area contributed by atoms with Gasteiger partial charge in [0.1, 0.15) is 24.2 Å². The van der Waals surface area contributed by atoms with Crippen LogP contribution in [0.1, 0.15) is 11.1 Å². The van der Waals surface area contributed by atoms with Gasteiger partial charge in [-0.2, -0.15) is 0 Å². The first-order valence-corrected chi connectivity index (χ1v) is 9.29. The third-order valence-corrected chi connectivity index (χ3v) is 4.47. The fourth-order valence-electron chi connectivity index (χ4n) is 3.01. The highest BCUT2D eigenvalue weighted by atomic mass is 16.5. The molecule has 5 heteroatoms. The van der Waals surface area contributed by atoms with Gasteiger partial charge in [-0.15, -0.1) is 0 Å². The van der Waals surface area contributed by atoms with Gasteiger partial charge < -0.3 is 19.9 Å². The molecule has 0 radical (unpaired) electrons. The maximum absolute atomic E-state index is 12.0. The average molecular weight is 379 g/mol. The highest BCUT2D eigenvalue weighted by Gasteiger charge is 2.11. The largest absolute Gasteiger partial charge is 0.490 e. The number of carbonyl (C=O) groups is 1. The summed E-state index contributed by atoms with van der Waals surface area (Å²) < 4.78 is 11.4. The Balaban J connectivity index is 1.45. The second kappa shape index (κ2) is 9.24. The molecule has 0 saturated carbocycles. The van der Waals surface area contributed by atoms with E-state index in [4.69, 9.17) is 9.47 Å². The molecule has 0 bridgehead atoms. The lowest BCUT2D eigenvalue weighted by Gasteiger charge is -2.15. The fraction of sp³-hybridized carbons (Fsp3) is 0.261. The van der Waals surface area contributed by atoms with Crippen molar-refractivity contribution in [3.63, 3.8) is 0 Å². The second-order valence-corrected chi connectivity index (χ2v) is 6.76. The zero-order valence-electron chi connectivity index (χ0n) is 16.1. The van der Waals surface area contributed by atoms with Crippen LogP contribution in [0.2, 0.25) is 0 Å². The lowest BCUT2D eigenvalue weighted by atomic mass is 10.1. The molecule has 0 aromatic heterocycles. The third-order valence-electron chi connectivity index (χ3n) is 4.47. The number of aryl methyl sites for hydroxylation is 2. The number of fused-ring (bicyclic) bond motifs is 1. The molecule has 0 saturated heterocycles. The molecule has 3 aromatic rings. The van der Waals surface area contributed by atoms with Crippen molar-refractivity contribution in [2.75, 3.05) is 19.8 Å². The monoisotopic (exact) mass is 379 g/mol. The molecular formula is C23H25NO4. The summed E-state index contributed by atoms with van der Waals surface area (Å²) in [6.45, 7) is 3.97. The van der Waals surface area contributed by atoms with Gasteiger partial charge in [0.25, 0.3) is 5.91 Å². The minimum absolute atomic E-state index is 0.0893. The second-order valence-electron chi connectivity index (χ2n) is 6.76. The van der Waals surface area contributed by atoms with Gasteiger partial charge in [-0.3, -0.25) is 4.79 Å². The number of rotatable bonds is 8. The molecule has 3 aromatic carbocycles. The summed E-state index contributed by atoms with van der Waals surface area (Å²) in [6, 6.07) is 19.5. The Bertz CT molecular complexity index is 929. The standard InChI is InChI=1S/C23H25NO4/c1-16-7-5-8-17(2)23(16)28-15-22(26)24-13-19(25)14-27-21-12-6-10-18-9-3-4-11-20(18)21/h3-12,19,25H,13-15H2,1-2H3,(H,24,26)/t19-/m1/s1. The van der Waals surface area contributed by atoms with Gasteiger partial charge >= 0.3 is 0 Å². The van der Waals surface area contributed by atoms with Crippen molar-refractivity contribution in [1.82, 2.24) is 5.32 Å². The quantitative estimate of drug-likeness (QED) is 0.630. The van der Waals surface area contributed by atoms with E-state index in [1.807, 2.05) is 74.5 Å². The Morgan fingerprint density at radius 3 is 2.43 bits per heavy atom. The van der Waals surface area contributed by atoms with E-state index in [0.717, 1.165) is 27.6 Å². The van der Waals surface area contributed by atoms with Gasteiger partial charge in [0.15, 0.2) is 6.61 Å². The Labute approximate surface area is 164 Å². The van der Waals surface area contributed by atoms with Crippen LogP contribution in [-0.4, -0.2) is 36.9 Å². The Hall–Kier alpha value is -3.05. The molecular weight excluding hydrogens is 354 g/mol. The van der Waals surface area contributed by atoms with Gasteiger partial charge in [-0.1, -0.05) is 54.6 Å². The summed E-state index contributed by atoms with van der Waals surface area (Å²) in [4.78, 5) is 12.0. The average Bonchev–Trinajstić information content (AvgIpc) is 2.70. The van der Waals surface area contributed by atoms with E-state index in [1.54, 1.807) is 0 Å². The molecule has 28 heavy (non-hydrogen) atoms. The first kappa shape index (κ1) is 19.7. The van der Waals surface area contributed by atoms with Crippen LogP contribution in [0.15, 0.2) is 60.7 Å². The molecule has 1 amide bonds. The van der Waals surface area contributed by atoms with E-state index in [1.165, 1.54) is 0 Å². The summed E-state index contributed by atoms with van der Waals surface area (Å²) >= 11 is 0. The molecule has 146 valence electrons. The normalized spacial score (nSPS) is 11.8. The van der Waals surface area contributed by atoms with Crippen LogP contribution >= 0.6 is 0 Å². The van der Waals surface area contributed by atoms with E-state index < -0.39 is 6.10 Å². The van der Waals surface area contributed by atoms with Gasteiger partial charge in [0.2, 0.25) is 0 Å². The van der Waals surface area contributed by atoms with Crippen molar-refractivity contribution in [1.29, 1.82) is 0 Å². The highest BCUT2D eigenvalue weighted by Crippen LogP contribution is 2.25. The minimum atomic E-state index is -0.817. The zero-order valence-corrected chi connectivity index (χ0v) is 16.1. The Morgan fingerprint density at radius 1 is 0.964 bits per heavy atom. The lowest BCUT2D eigenvalue weighted by Crippen LogP contribution is -2.37. The van der Waals surface area contributed by atoms with Crippen molar-refractivity contribution >= 4 is 16.7 Å². The molecule has 0 unspecified atom stereocenters. The molecule has 0 aliphatic heterocycles. The SMILES string of the molecule is Cc1cccc(C)c1OCC(=O)NC[C@@H](O)COc1cccc2ccccc12. The van der Waals surface area contributed by atoms with Crippen LogP contribution in [-0.2, 0) is 4.79 Å². The number of nitrogens with one attached hydrogen (secondary N) is 1. The van der Waals surface area contributed by atoms with Gasteiger partial charge in [0, 0.05) is 11.9 Å². The van der Waals surface area contributed by atoms with Crippen molar-refractivity contribution in [3.8, 4) is 11.5 Å². The molecule has 0 aliphatic rings. The molecule has 0 fully saturated rings. The van der Waals surface area contributed by atoms with E-state index in [0.29, 0.717) is 5.75 Å². The Kier molecular flexibility index (Phi) is 6.50. The van der Waals surface area contributed by atoms with Gasteiger partial charge in [-0.25, -0.2) is 0 Å². The van der Waals surface area contributed by atoms with Crippen LogP contribution < -0.4 is 14.8 Å². The summed E-state index contributed by atoms with van der Waals surface area (Å²) in [5, 5.41) is 14.9. The van der Waals surface area contributed by atoms with E-state index in [9.17, 15) is 9.90 Å². The maximum Gasteiger partial charge on any atom is 0.258 e. The number of hydrogen-bond donors (Lipinski definition) is 2. The summed E-state index contributed by atoms with van der Waals surface area (Å²) in [5.41, 5.74) is 1.97. The maximum atomic E-state index is 12.0. The number of carbonyl (C=O) groups excluding carboxylic acids is 1. The predicted molar refractivity (Wildman–Crippen MR) is 110 cm³/mol. The van der Waals surface area contributed by atoms with Crippen LogP contribution in [0, 0.1) is 13.8 Å². The van der Waals surface area contributed by atoms with E-state index >= 15 is 0 Å². The molecule has 5 nitrogen and oxygen atoms in total. The molecule has 2 N–H and O–H groups in total. The zero-order chi connectivity index (χ0) is 19.9. The lowest BCUT2D eigenvalue weighted by molar-refractivity contribution is -0.123. The Morgan fingerprint density at radius 2 is 1.64 bits per heavy atom. The number of aliphatic hydroxyl groups is 1. The molecule has 3 rings (SSSR count). The van der Waals surface area contributed by atoms with E-state index in [-0.39, 0.29) is 25.7 Å². The smallest absolute Gasteiger partial charge is 0.258 e. The van der Waals surface area contributed by atoms with Gasteiger partial charge in [0.05, 0.1) is 0 Å². The highest BCUT2D eigenvalue weighted by molar-refractivity contribution is 5.88. The minimum Gasteiger partial charge on any atom is -0.490 e. The number of hydrogen-bond acceptors (Lipinski definition) is 4. The number of aliphatic hydroxyl groups excluding tert-OH is 1. The first-order chi connectivity index (χ1) is 13.5. The first-order valence-electron chi connectivity index (χ1n) is 9.29. The van der Waals surface area contributed by atoms with Crippen LogP contribution in [0.5, 0.6) is 11.5 Å². The number of benzene rings is 3. The van der Waals surface area contributed by atoms with Crippen molar-refractivity contribution < 1.29 is 19.4 Å². The molecule has 1 atom stereocenters. The van der Waals surface area contributed by atoms with Crippen molar-refractivity contribution in [2.24, 2.45) is 0 Å². The summed E-state index contributed by atoms with van der Waals surface area (Å²) in [6.07, 6.45) is -0.817. The summed E-state index contributed by atoms with van der Waals surface area (Å²) in [5.74, 6) is 1.14. The van der Waals surface area contributed by atoms with Crippen LogP contribution in [0.3, 0.4) is 0 Å². The summed E-state index contributed by atoms with van der Waals surface area (Å²) in [7, 11) is 0. The predicted octanol–water partition coefficient (Wildman–Crippen LogP) is 3.39. The van der Waals surface area contributed by atoms with Crippen LogP contribution in [0.25, 0.3) is 10.8 Å². The van der Waals surface area contributed by atoms with E-state index in [2.05, 4.69) is 5.32 Å². The molecule has 0 heterocycles. The van der Waals surface area contributed by atoms with Crippen LogP contribution in [0.4, 0.5) is 0 Å². The molecule has 0 aliphatic carbocycles.